The molecule has 1 aromatic heterocycles. The minimum absolute atomic E-state index is 0.0113. The summed E-state index contributed by atoms with van der Waals surface area (Å²) in [6.45, 7) is 0.353. The van der Waals surface area contributed by atoms with Crippen molar-refractivity contribution >= 4 is 33.2 Å². The van der Waals surface area contributed by atoms with Crippen LogP contribution >= 0.6 is 23.2 Å². The molecule has 0 spiro atoms. The molecule has 0 fully saturated rings. The molecule has 1 aromatic carbocycles. The molecule has 9 heteroatoms. The van der Waals surface area contributed by atoms with Crippen LogP contribution in [-0.2, 0) is 23.1 Å². The molecule has 0 radical (unpaired) electrons. The van der Waals surface area contributed by atoms with Crippen molar-refractivity contribution in [1.82, 2.24) is 15.2 Å². The zero-order chi connectivity index (χ0) is 15.5. The van der Waals surface area contributed by atoms with E-state index in [0.717, 1.165) is 0 Å². The Morgan fingerprint density at radius 2 is 2.00 bits per heavy atom. The van der Waals surface area contributed by atoms with Gasteiger partial charge in [0.25, 0.3) is 0 Å². The second kappa shape index (κ2) is 6.76. The minimum Gasteiger partial charge on any atom is -0.360 e. The third-order valence-corrected chi connectivity index (χ3v) is 5.06. The van der Waals surface area contributed by atoms with Gasteiger partial charge in [0.2, 0.25) is 10.0 Å². The number of rotatable bonds is 6. The van der Waals surface area contributed by atoms with Gasteiger partial charge in [-0.3, -0.25) is 0 Å². The lowest BCUT2D eigenvalue weighted by atomic mass is 10.2. The Kier molecular flexibility index (Phi) is 5.23. The largest absolute Gasteiger partial charge is 0.360 e. The van der Waals surface area contributed by atoms with Crippen molar-refractivity contribution < 1.29 is 12.9 Å². The Balaban J connectivity index is 2.29. The van der Waals surface area contributed by atoms with Crippen molar-refractivity contribution in [3.05, 3.63) is 45.8 Å². The standard InChI is InChI=1S/C12H13Cl2N3O3S/c1-15-7-9-10(13)2-3-11(12(9)14)21(18,19)17-6-8-4-5-16-20-8/h2-5,15,17H,6-7H2,1H3. The van der Waals surface area contributed by atoms with E-state index >= 15 is 0 Å². The maximum Gasteiger partial charge on any atom is 0.242 e. The number of aromatic nitrogens is 1. The van der Waals surface area contributed by atoms with Crippen LogP contribution in [0.3, 0.4) is 0 Å². The summed E-state index contributed by atoms with van der Waals surface area (Å²) in [4.78, 5) is -0.0293. The second-order valence-corrected chi connectivity index (χ2v) is 6.69. The zero-order valence-electron chi connectivity index (χ0n) is 11.1. The van der Waals surface area contributed by atoms with Gasteiger partial charge in [-0.1, -0.05) is 28.4 Å². The molecule has 1 heterocycles. The van der Waals surface area contributed by atoms with Crippen molar-refractivity contribution in [1.29, 1.82) is 0 Å². The third-order valence-electron chi connectivity index (χ3n) is 2.72. The number of nitrogens with zero attached hydrogens (tertiary/aromatic N) is 1. The van der Waals surface area contributed by atoms with Crippen LogP contribution in [0, 0.1) is 0 Å². The number of hydrogen-bond acceptors (Lipinski definition) is 5. The van der Waals surface area contributed by atoms with E-state index in [-0.39, 0.29) is 16.5 Å². The van der Waals surface area contributed by atoms with Crippen LogP contribution in [0.25, 0.3) is 0 Å². The fraction of sp³-hybridized carbons (Fsp3) is 0.250. The summed E-state index contributed by atoms with van der Waals surface area (Å²) in [5.74, 6) is 0.402. The van der Waals surface area contributed by atoms with Crippen molar-refractivity contribution in [3.63, 3.8) is 0 Å². The van der Waals surface area contributed by atoms with E-state index in [0.29, 0.717) is 22.9 Å². The number of halogens is 2. The quantitative estimate of drug-likeness (QED) is 0.834. The van der Waals surface area contributed by atoms with Gasteiger partial charge in [-0.05, 0) is 19.2 Å². The average molecular weight is 350 g/mol. The Morgan fingerprint density at radius 1 is 1.24 bits per heavy atom. The highest BCUT2D eigenvalue weighted by molar-refractivity contribution is 7.89. The highest BCUT2D eigenvalue weighted by Crippen LogP contribution is 2.31. The van der Waals surface area contributed by atoms with E-state index in [2.05, 4.69) is 15.2 Å². The molecule has 0 aliphatic carbocycles. The maximum absolute atomic E-state index is 12.3. The zero-order valence-corrected chi connectivity index (χ0v) is 13.4. The molecule has 0 unspecified atom stereocenters. The van der Waals surface area contributed by atoms with Crippen LogP contribution < -0.4 is 10.0 Å². The van der Waals surface area contributed by atoms with E-state index in [1.165, 1.54) is 18.3 Å². The number of benzene rings is 1. The van der Waals surface area contributed by atoms with Crippen LogP contribution in [0.1, 0.15) is 11.3 Å². The summed E-state index contributed by atoms with van der Waals surface area (Å²) >= 11 is 12.2. The van der Waals surface area contributed by atoms with Gasteiger partial charge < -0.3 is 9.84 Å². The second-order valence-electron chi connectivity index (χ2n) is 4.17. The smallest absolute Gasteiger partial charge is 0.242 e. The lowest BCUT2D eigenvalue weighted by molar-refractivity contribution is 0.380. The molecule has 2 N–H and O–H groups in total. The van der Waals surface area contributed by atoms with Crippen molar-refractivity contribution in [2.45, 2.75) is 18.0 Å². The monoisotopic (exact) mass is 349 g/mol. The van der Waals surface area contributed by atoms with Crippen LogP contribution in [0.5, 0.6) is 0 Å². The van der Waals surface area contributed by atoms with Gasteiger partial charge in [-0.25, -0.2) is 13.1 Å². The highest BCUT2D eigenvalue weighted by atomic mass is 35.5. The predicted molar refractivity (Wildman–Crippen MR) is 79.8 cm³/mol. The molecular formula is C12H13Cl2N3O3S. The predicted octanol–water partition coefficient (Wildman–Crippen LogP) is 2.18. The van der Waals surface area contributed by atoms with Crippen molar-refractivity contribution in [2.75, 3.05) is 7.05 Å². The molecule has 0 saturated heterocycles. The first kappa shape index (κ1) is 16.3. The SMILES string of the molecule is CNCc1c(Cl)ccc(S(=O)(=O)NCc2ccno2)c1Cl. The van der Waals surface area contributed by atoms with Gasteiger partial charge in [-0.2, -0.15) is 0 Å². The van der Waals surface area contributed by atoms with E-state index in [1.54, 1.807) is 13.1 Å². The Labute approximate surface area is 132 Å². The molecular weight excluding hydrogens is 337 g/mol. The van der Waals surface area contributed by atoms with Gasteiger partial charge in [0, 0.05) is 23.2 Å². The lowest BCUT2D eigenvalue weighted by Crippen LogP contribution is -2.24. The topological polar surface area (TPSA) is 84.2 Å². The van der Waals surface area contributed by atoms with Crippen LogP contribution in [0.4, 0.5) is 0 Å². The Bertz CT molecular complexity index is 718. The molecule has 114 valence electrons. The van der Waals surface area contributed by atoms with Gasteiger partial charge in [-0.15, -0.1) is 0 Å². The molecule has 0 bridgehead atoms. The molecule has 0 saturated carbocycles. The molecule has 0 amide bonds. The maximum atomic E-state index is 12.3. The summed E-state index contributed by atoms with van der Waals surface area (Å²) in [6, 6.07) is 4.44. The molecule has 0 atom stereocenters. The summed E-state index contributed by atoms with van der Waals surface area (Å²) in [5.41, 5.74) is 0.531. The van der Waals surface area contributed by atoms with Gasteiger partial charge in [0.05, 0.1) is 17.8 Å². The van der Waals surface area contributed by atoms with Crippen LogP contribution in [-0.4, -0.2) is 20.6 Å². The normalized spacial score (nSPS) is 11.8. The van der Waals surface area contributed by atoms with Crippen molar-refractivity contribution in [3.8, 4) is 0 Å². The van der Waals surface area contributed by atoms with E-state index in [9.17, 15) is 8.42 Å². The molecule has 0 aliphatic rings. The van der Waals surface area contributed by atoms with E-state index in [4.69, 9.17) is 27.7 Å². The highest BCUT2D eigenvalue weighted by Gasteiger charge is 2.21. The first-order chi connectivity index (χ1) is 9.95. The first-order valence-electron chi connectivity index (χ1n) is 5.96. The molecule has 6 nitrogen and oxygen atoms in total. The average Bonchev–Trinajstić information content (AvgIpc) is 2.94. The van der Waals surface area contributed by atoms with E-state index in [1.807, 2.05) is 0 Å². The van der Waals surface area contributed by atoms with E-state index < -0.39 is 10.0 Å². The summed E-state index contributed by atoms with van der Waals surface area (Å²) in [7, 11) is -2.06. The number of nitrogens with one attached hydrogen (secondary N) is 2. The lowest BCUT2D eigenvalue weighted by Gasteiger charge is -2.12. The van der Waals surface area contributed by atoms with Crippen LogP contribution in [0.15, 0.2) is 33.8 Å². The third kappa shape index (κ3) is 3.75. The minimum atomic E-state index is -3.78. The summed E-state index contributed by atoms with van der Waals surface area (Å²) in [6.07, 6.45) is 1.43. The molecule has 0 aliphatic heterocycles. The first-order valence-corrected chi connectivity index (χ1v) is 8.20. The molecule has 2 rings (SSSR count). The van der Waals surface area contributed by atoms with Crippen LogP contribution in [0.2, 0.25) is 10.0 Å². The fourth-order valence-electron chi connectivity index (χ4n) is 1.70. The Morgan fingerprint density at radius 3 is 2.62 bits per heavy atom. The van der Waals surface area contributed by atoms with Crippen molar-refractivity contribution in [2.24, 2.45) is 0 Å². The van der Waals surface area contributed by atoms with Gasteiger partial charge >= 0.3 is 0 Å². The van der Waals surface area contributed by atoms with Gasteiger partial charge in [0.15, 0.2) is 5.76 Å². The van der Waals surface area contributed by atoms with Gasteiger partial charge in [0.1, 0.15) is 4.90 Å². The molecule has 21 heavy (non-hydrogen) atoms. The summed E-state index contributed by atoms with van der Waals surface area (Å²) < 4.78 is 31.8. The number of hydrogen-bond donors (Lipinski definition) is 2. The summed E-state index contributed by atoms with van der Waals surface area (Å²) in [5, 5.41) is 6.90. The number of sulfonamides is 1. The molecule has 2 aromatic rings. The Hall–Kier alpha value is -1.12. The fourth-order valence-corrected chi connectivity index (χ4v) is 3.60.